The number of aromatic nitrogens is 1. The maximum Gasteiger partial charge on any atom is 0.234 e. The number of sulfone groups is 1. The number of nitrogens with one attached hydrogen (secondary N) is 1. The number of benzene rings is 3. The van der Waals surface area contributed by atoms with E-state index in [-0.39, 0.29) is 21.7 Å². The van der Waals surface area contributed by atoms with E-state index in [2.05, 4.69) is 10.3 Å². The van der Waals surface area contributed by atoms with Crippen molar-refractivity contribution >= 4 is 15.7 Å². The Balaban J connectivity index is 1.75. The molecule has 0 spiro atoms. The Morgan fingerprint density at radius 1 is 0.900 bits per heavy atom. The first-order valence-corrected chi connectivity index (χ1v) is 10.8. The molecule has 0 fully saturated rings. The van der Waals surface area contributed by atoms with Crippen LogP contribution in [0.15, 0.2) is 99.3 Å². The molecule has 1 heterocycles. The van der Waals surface area contributed by atoms with Gasteiger partial charge in [0.25, 0.3) is 0 Å². The number of rotatable bonds is 7. The molecule has 0 bridgehead atoms. The number of hydrogen-bond acceptors (Lipinski definition) is 6. The summed E-state index contributed by atoms with van der Waals surface area (Å²) in [6.45, 7) is 0.398. The normalized spacial score (nSPS) is 11.2. The van der Waals surface area contributed by atoms with E-state index in [9.17, 15) is 8.42 Å². The van der Waals surface area contributed by atoms with E-state index in [0.717, 1.165) is 5.56 Å². The van der Waals surface area contributed by atoms with Gasteiger partial charge in [-0.3, -0.25) is 0 Å². The highest BCUT2D eigenvalue weighted by Crippen LogP contribution is 2.33. The summed E-state index contributed by atoms with van der Waals surface area (Å²) >= 11 is 0. The molecule has 0 aliphatic heterocycles. The van der Waals surface area contributed by atoms with Crippen molar-refractivity contribution in [1.82, 2.24) is 4.98 Å². The van der Waals surface area contributed by atoms with Crippen molar-refractivity contribution < 1.29 is 17.6 Å². The predicted octanol–water partition coefficient (Wildman–Crippen LogP) is 4.80. The quantitative estimate of drug-likeness (QED) is 0.463. The molecule has 0 aliphatic rings. The Kier molecular flexibility index (Phi) is 5.54. The summed E-state index contributed by atoms with van der Waals surface area (Å²) in [6, 6.07) is 24.9. The van der Waals surface area contributed by atoms with Gasteiger partial charge in [-0.1, -0.05) is 48.5 Å². The minimum absolute atomic E-state index is 0.105. The maximum atomic E-state index is 13.2. The lowest BCUT2D eigenvalue weighted by Crippen LogP contribution is -2.07. The summed E-state index contributed by atoms with van der Waals surface area (Å²) < 4.78 is 37.5. The standard InChI is InChI=1S/C23H20N2O4S/c1-28-19-14-12-18(13-15-19)21-25-23(30(26,27)20-10-6-3-7-11-20)22(29-21)24-16-17-8-4-2-5-9-17/h2-15,24H,16H2,1H3. The molecular formula is C23H20N2O4S. The average Bonchev–Trinajstić information content (AvgIpc) is 3.24. The number of methoxy groups -OCH3 is 1. The molecule has 0 saturated heterocycles. The van der Waals surface area contributed by atoms with Gasteiger partial charge >= 0.3 is 0 Å². The van der Waals surface area contributed by atoms with Crippen LogP contribution in [0.1, 0.15) is 5.56 Å². The molecule has 0 radical (unpaired) electrons. The van der Waals surface area contributed by atoms with Crippen molar-refractivity contribution in [2.75, 3.05) is 12.4 Å². The van der Waals surface area contributed by atoms with Gasteiger partial charge in [-0.05, 0) is 42.0 Å². The molecule has 4 rings (SSSR count). The van der Waals surface area contributed by atoms with Gasteiger partial charge in [0.05, 0.1) is 12.0 Å². The third-order valence-electron chi connectivity index (χ3n) is 4.54. The zero-order chi connectivity index (χ0) is 21.0. The van der Waals surface area contributed by atoms with Gasteiger partial charge in [0.1, 0.15) is 5.75 Å². The second-order valence-corrected chi connectivity index (χ2v) is 8.40. The number of nitrogens with zero attached hydrogens (tertiary/aromatic N) is 1. The Labute approximate surface area is 175 Å². The van der Waals surface area contributed by atoms with E-state index >= 15 is 0 Å². The van der Waals surface area contributed by atoms with Gasteiger partial charge < -0.3 is 14.5 Å². The fraction of sp³-hybridized carbons (Fsp3) is 0.0870. The van der Waals surface area contributed by atoms with E-state index in [4.69, 9.17) is 9.15 Å². The molecule has 0 unspecified atom stereocenters. The highest BCUT2D eigenvalue weighted by Gasteiger charge is 2.28. The van der Waals surface area contributed by atoms with Crippen LogP contribution in [0.3, 0.4) is 0 Å². The zero-order valence-corrected chi connectivity index (χ0v) is 17.1. The summed E-state index contributed by atoms with van der Waals surface area (Å²) in [4.78, 5) is 4.49. The summed E-state index contributed by atoms with van der Waals surface area (Å²) in [5.41, 5.74) is 1.64. The fourth-order valence-electron chi connectivity index (χ4n) is 2.95. The van der Waals surface area contributed by atoms with Gasteiger partial charge in [-0.25, -0.2) is 8.42 Å². The molecule has 0 amide bonds. The van der Waals surface area contributed by atoms with E-state index in [1.165, 1.54) is 12.1 Å². The highest BCUT2D eigenvalue weighted by atomic mass is 32.2. The van der Waals surface area contributed by atoms with E-state index in [1.807, 2.05) is 30.3 Å². The van der Waals surface area contributed by atoms with E-state index in [1.54, 1.807) is 49.6 Å². The second kappa shape index (κ2) is 8.42. The summed E-state index contributed by atoms with van der Waals surface area (Å²) in [5, 5.41) is 2.94. The van der Waals surface area contributed by atoms with Gasteiger partial charge in [-0.15, -0.1) is 0 Å². The minimum Gasteiger partial charge on any atom is -0.497 e. The van der Waals surface area contributed by atoms with Crippen LogP contribution in [-0.2, 0) is 16.4 Å². The Bertz CT molecular complexity index is 1220. The first kappa shape index (κ1) is 19.7. The van der Waals surface area contributed by atoms with Crippen LogP contribution in [0.25, 0.3) is 11.5 Å². The summed E-state index contributed by atoms with van der Waals surface area (Å²) in [7, 11) is -2.29. The zero-order valence-electron chi connectivity index (χ0n) is 16.3. The Morgan fingerprint density at radius 2 is 1.53 bits per heavy atom. The lowest BCUT2D eigenvalue weighted by Gasteiger charge is -2.06. The topological polar surface area (TPSA) is 81.4 Å². The fourth-order valence-corrected chi connectivity index (χ4v) is 4.25. The van der Waals surface area contributed by atoms with E-state index < -0.39 is 9.84 Å². The molecule has 0 saturated carbocycles. The number of oxazole rings is 1. The van der Waals surface area contributed by atoms with E-state index in [0.29, 0.717) is 17.9 Å². The largest absolute Gasteiger partial charge is 0.497 e. The predicted molar refractivity (Wildman–Crippen MR) is 114 cm³/mol. The SMILES string of the molecule is COc1ccc(-c2nc(S(=O)(=O)c3ccccc3)c(NCc3ccccc3)o2)cc1. The highest BCUT2D eigenvalue weighted by molar-refractivity contribution is 7.91. The molecule has 1 N–H and O–H groups in total. The number of anilines is 1. The third kappa shape index (κ3) is 4.06. The van der Waals surface area contributed by atoms with Crippen LogP contribution in [-0.4, -0.2) is 20.5 Å². The average molecular weight is 420 g/mol. The Hall–Kier alpha value is -3.58. The maximum absolute atomic E-state index is 13.2. The molecule has 4 aromatic rings. The molecule has 6 nitrogen and oxygen atoms in total. The van der Waals surface area contributed by atoms with Crippen molar-refractivity contribution in [3.05, 3.63) is 90.5 Å². The van der Waals surface area contributed by atoms with Crippen molar-refractivity contribution in [2.45, 2.75) is 16.5 Å². The summed E-state index contributed by atoms with van der Waals surface area (Å²) in [6.07, 6.45) is 0. The molecule has 0 atom stereocenters. The van der Waals surface area contributed by atoms with Crippen molar-refractivity contribution in [3.63, 3.8) is 0 Å². The first-order valence-electron chi connectivity index (χ1n) is 9.31. The van der Waals surface area contributed by atoms with Crippen molar-refractivity contribution in [1.29, 1.82) is 0 Å². The molecule has 3 aromatic carbocycles. The lowest BCUT2D eigenvalue weighted by atomic mass is 10.2. The smallest absolute Gasteiger partial charge is 0.234 e. The molecule has 0 aliphatic carbocycles. The number of ether oxygens (including phenoxy) is 1. The van der Waals surface area contributed by atoms with Crippen LogP contribution in [0.5, 0.6) is 5.75 Å². The van der Waals surface area contributed by atoms with Gasteiger partial charge in [0.15, 0.2) is 0 Å². The molecular weight excluding hydrogens is 400 g/mol. The molecule has 1 aromatic heterocycles. The van der Waals surface area contributed by atoms with Crippen LogP contribution in [0, 0.1) is 0 Å². The van der Waals surface area contributed by atoms with Crippen molar-refractivity contribution in [3.8, 4) is 17.2 Å². The second-order valence-electron chi connectivity index (χ2n) is 6.54. The van der Waals surface area contributed by atoms with Crippen LogP contribution in [0.2, 0.25) is 0 Å². The van der Waals surface area contributed by atoms with Crippen LogP contribution in [0.4, 0.5) is 5.88 Å². The van der Waals surface area contributed by atoms with Gasteiger partial charge in [0.2, 0.25) is 26.6 Å². The van der Waals surface area contributed by atoms with Gasteiger partial charge in [-0.2, -0.15) is 4.98 Å². The molecule has 7 heteroatoms. The summed E-state index contributed by atoms with van der Waals surface area (Å²) in [5.74, 6) is 1.00. The monoisotopic (exact) mass is 420 g/mol. The van der Waals surface area contributed by atoms with Crippen LogP contribution < -0.4 is 10.1 Å². The molecule has 152 valence electrons. The van der Waals surface area contributed by atoms with Gasteiger partial charge in [0, 0.05) is 12.1 Å². The van der Waals surface area contributed by atoms with Crippen LogP contribution >= 0.6 is 0 Å². The third-order valence-corrected chi connectivity index (χ3v) is 6.22. The molecule has 30 heavy (non-hydrogen) atoms. The lowest BCUT2D eigenvalue weighted by molar-refractivity contribution is 0.415. The minimum atomic E-state index is -3.87. The Morgan fingerprint density at radius 3 is 2.17 bits per heavy atom. The van der Waals surface area contributed by atoms with Crippen molar-refractivity contribution in [2.24, 2.45) is 0 Å². The first-order chi connectivity index (χ1) is 14.6. The number of hydrogen-bond donors (Lipinski definition) is 1.